The highest BCUT2D eigenvalue weighted by Crippen LogP contribution is 2.58. The van der Waals surface area contributed by atoms with Crippen LogP contribution in [0.1, 0.15) is 126 Å². The third kappa shape index (κ3) is 7.39. The number of unbranched alkanes of at least 4 members (excludes halogenated alkanes) is 4. The van der Waals surface area contributed by atoms with Gasteiger partial charge in [0.2, 0.25) is 0 Å². The molecule has 0 spiro atoms. The third-order valence-electron chi connectivity index (χ3n) is 9.84. The van der Waals surface area contributed by atoms with E-state index in [0.717, 1.165) is 38.5 Å². The maximum absolute atomic E-state index is 12.9. The van der Waals surface area contributed by atoms with Gasteiger partial charge in [-0.1, -0.05) is 46.5 Å². The number of hydrogen-bond acceptors (Lipinski definition) is 8. The summed E-state index contributed by atoms with van der Waals surface area (Å²) < 4.78 is 24.9. The minimum atomic E-state index is -1.38. The van der Waals surface area contributed by atoms with Crippen LogP contribution in [-0.4, -0.2) is 58.1 Å². The topological polar surface area (TPSA) is 108 Å². The number of esters is 3. The summed E-state index contributed by atoms with van der Waals surface area (Å²) in [4.78, 5) is 37.6. The fraction of sp³-hybridized carbons (Fsp3) is 0.906. The van der Waals surface area contributed by atoms with E-state index in [1.54, 1.807) is 6.92 Å². The van der Waals surface area contributed by atoms with Crippen LogP contribution < -0.4 is 0 Å². The number of hydrogen-bond donors (Lipinski definition) is 1. The highest BCUT2D eigenvalue weighted by molar-refractivity contribution is 5.69. The second kappa shape index (κ2) is 13.1. The first-order valence-electron chi connectivity index (χ1n) is 15.6. The average molecular weight is 567 g/mol. The molecule has 8 nitrogen and oxygen atoms in total. The molecule has 3 rings (SSSR count). The lowest BCUT2D eigenvalue weighted by Gasteiger charge is -2.51. The Hall–Kier alpha value is -1.67. The summed E-state index contributed by atoms with van der Waals surface area (Å²) in [5, 5.41) is 11.9. The molecule has 0 amide bonds. The zero-order valence-electron chi connectivity index (χ0n) is 26.1. The van der Waals surface area contributed by atoms with E-state index >= 15 is 0 Å². The van der Waals surface area contributed by atoms with Gasteiger partial charge in [0.1, 0.15) is 29.0 Å². The van der Waals surface area contributed by atoms with E-state index in [9.17, 15) is 19.5 Å². The maximum atomic E-state index is 12.9. The van der Waals surface area contributed by atoms with Crippen LogP contribution >= 0.6 is 0 Å². The van der Waals surface area contributed by atoms with Crippen molar-refractivity contribution >= 4 is 17.9 Å². The van der Waals surface area contributed by atoms with E-state index in [2.05, 4.69) is 20.8 Å². The highest BCUT2D eigenvalue weighted by atomic mass is 16.6. The van der Waals surface area contributed by atoms with E-state index in [4.69, 9.17) is 18.9 Å². The smallest absolute Gasteiger partial charge is 0.306 e. The van der Waals surface area contributed by atoms with Gasteiger partial charge in [0.25, 0.3) is 0 Å². The summed E-state index contributed by atoms with van der Waals surface area (Å²) >= 11 is 0. The molecular weight excluding hydrogens is 512 g/mol. The molecule has 9 atom stereocenters. The van der Waals surface area contributed by atoms with Gasteiger partial charge in [-0.05, 0) is 64.7 Å². The van der Waals surface area contributed by atoms with Gasteiger partial charge in [0, 0.05) is 38.5 Å². The van der Waals surface area contributed by atoms with Crippen LogP contribution in [0.2, 0.25) is 0 Å². The SMILES string of the molecule is CCCCCCCC(=O)O[C@@H]1CC[C@](C)(OC(C)=O)[C@H]2O[C@@H](C[C@@]1(C)O)[C@H]1[C@@H]2[C@H](C(C)C)CC[C@]1(C)OC(C)=O. The third-order valence-corrected chi connectivity index (χ3v) is 9.84. The van der Waals surface area contributed by atoms with Gasteiger partial charge in [-0.25, -0.2) is 0 Å². The van der Waals surface area contributed by atoms with E-state index in [1.165, 1.54) is 13.8 Å². The van der Waals surface area contributed by atoms with Crippen LogP contribution in [0.3, 0.4) is 0 Å². The lowest BCUT2D eigenvalue weighted by molar-refractivity contribution is -0.185. The molecule has 0 aromatic heterocycles. The first kappa shape index (κ1) is 32.8. The van der Waals surface area contributed by atoms with Crippen molar-refractivity contribution in [2.75, 3.05) is 0 Å². The fourth-order valence-corrected chi connectivity index (χ4v) is 7.98. The van der Waals surface area contributed by atoms with Crippen LogP contribution in [0.15, 0.2) is 0 Å². The molecule has 1 saturated carbocycles. The lowest BCUT2D eigenvalue weighted by Crippen LogP contribution is -2.58. The van der Waals surface area contributed by atoms with Gasteiger partial charge in [-0.15, -0.1) is 0 Å². The predicted molar refractivity (Wildman–Crippen MR) is 151 cm³/mol. The normalized spacial score (nSPS) is 39.5. The molecule has 0 unspecified atom stereocenters. The Labute approximate surface area is 241 Å². The molecule has 2 bridgehead atoms. The summed E-state index contributed by atoms with van der Waals surface area (Å²) in [6, 6.07) is 0. The van der Waals surface area contributed by atoms with Gasteiger partial charge in [0.15, 0.2) is 0 Å². The predicted octanol–water partition coefficient (Wildman–Crippen LogP) is 5.90. The molecule has 0 aromatic rings. The molecule has 3 aliphatic rings. The fourth-order valence-electron chi connectivity index (χ4n) is 7.98. The molecule has 0 radical (unpaired) electrons. The molecule has 1 aliphatic carbocycles. The van der Waals surface area contributed by atoms with Crippen molar-refractivity contribution in [2.24, 2.45) is 23.7 Å². The molecule has 40 heavy (non-hydrogen) atoms. The van der Waals surface area contributed by atoms with Crippen LogP contribution in [0, 0.1) is 23.7 Å². The highest BCUT2D eigenvalue weighted by Gasteiger charge is 2.65. The molecule has 2 saturated heterocycles. The first-order chi connectivity index (χ1) is 18.6. The summed E-state index contributed by atoms with van der Waals surface area (Å²) in [5.41, 5.74) is -3.18. The Kier molecular flexibility index (Phi) is 10.8. The second-order valence-corrected chi connectivity index (χ2v) is 13.7. The van der Waals surface area contributed by atoms with Crippen LogP contribution in [0.5, 0.6) is 0 Å². The molecule has 2 aliphatic heterocycles. The number of ether oxygens (including phenoxy) is 4. The van der Waals surface area contributed by atoms with Crippen molar-refractivity contribution in [3.05, 3.63) is 0 Å². The van der Waals surface area contributed by atoms with E-state index in [0.29, 0.717) is 31.6 Å². The first-order valence-corrected chi connectivity index (χ1v) is 15.6. The molecular formula is C32H54O8. The molecule has 1 N–H and O–H groups in total. The van der Waals surface area contributed by atoms with E-state index in [-0.39, 0.29) is 36.1 Å². The van der Waals surface area contributed by atoms with Crippen molar-refractivity contribution in [1.82, 2.24) is 0 Å². The number of aliphatic hydroxyl groups is 1. The molecule has 0 aromatic carbocycles. The minimum absolute atomic E-state index is 0.0366. The molecule has 3 fully saturated rings. The summed E-state index contributed by atoms with van der Waals surface area (Å²) in [7, 11) is 0. The largest absolute Gasteiger partial charge is 0.459 e. The lowest BCUT2D eigenvalue weighted by atomic mass is 9.57. The zero-order chi connectivity index (χ0) is 29.9. The van der Waals surface area contributed by atoms with Crippen LogP contribution in [-0.2, 0) is 33.3 Å². The van der Waals surface area contributed by atoms with Gasteiger partial charge >= 0.3 is 17.9 Å². The summed E-state index contributed by atoms with van der Waals surface area (Å²) in [6.07, 6.45) is 6.19. The van der Waals surface area contributed by atoms with Crippen molar-refractivity contribution in [3.8, 4) is 0 Å². The van der Waals surface area contributed by atoms with Gasteiger partial charge in [-0.3, -0.25) is 14.4 Å². The Morgan fingerprint density at radius 2 is 1.52 bits per heavy atom. The zero-order valence-corrected chi connectivity index (χ0v) is 26.1. The number of carbonyl (C=O) groups excluding carboxylic acids is 3. The Bertz CT molecular complexity index is 899. The molecule has 2 heterocycles. The second-order valence-electron chi connectivity index (χ2n) is 13.7. The Morgan fingerprint density at radius 1 is 0.925 bits per heavy atom. The van der Waals surface area contributed by atoms with Crippen molar-refractivity contribution in [3.63, 3.8) is 0 Å². The van der Waals surface area contributed by atoms with Crippen molar-refractivity contribution in [2.45, 2.75) is 161 Å². The molecule has 8 heteroatoms. The monoisotopic (exact) mass is 566 g/mol. The number of fused-ring (bicyclic) bond motifs is 5. The van der Waals surface area contributed by atoms with Gasteiger partial charge in [-0.2, -0.15) is 0 Å². The van der Waals surface area contributed by atoms with Crippen molar-refractivity contribution < 1.29 is 38.4 Å². The van der Waals surface area contributed by atoms with Crippen LogP contribution in [0.4, 0.5) is 0 Å². The number of carbonyl (C=O) groups is 3. The summed E-state index contributed by atoms with van der Waals surface area (Å²) in [6.45, 7) is 15.0. The minimum Gasteiger partial charge on any atom is -0.459 e. The van der Waals surface area contributed by atoms with Crippen LogP contribution in [0.25, 0.3) is 0 Å². The van der Waals surface area contributed by atoms with Crippen molar-refractivity contribution in [1.29, 1.82) is 0 Å². The molecule has 230 valence electrons. The van der Waals surface area contributed by atoms with E-state index < -0.39 is 41.1 Å². The summed E-state index contributed by atoms with van der Waals surface area (Å²) in [5.74, 6) is -0.709. The Balaban J connectivity index is 1.97. The number of rotatable bonds is 10. The van der Waals surface area contributed by atoms with E-state index in [1.807, 2.05) is 13.8 Å². The maximum Gasteiger partial charge on any atom is 0.306 e. The standard InChI is InChI=1S/C32H54O8/c1-9-10-11-12-13-14-26(35)38-25-16-18-32(8,40-22(5)34)29-27-23(20(2)3)15-17-31(7,39-21(4)33)28(27)24(37-29)19-30(25,6)36/h20,23-25,27-29,36H,9-19H2,1-8H3/t23-,24-,25+,27-,28-,29-,30+,31-,32-/m0/s1. The quantitative estimate of drug-likeness (QED) is 0.198. The van der Waals surface area contributed by atoms with Gasteiger partial charge < -0.3 is 24.1 Å². The average Bonchev–Trinajstić information content (AvgIpc) is 3.21. The van der Waals surface area contributed by atoms with Gasteiger partial charge in [0.05, 0.1) is 6.10 Å². The Morgan fingerprint density at radius 3 is 2.12 bits per heavy atom.